The number of hydrogen-bond donors (Lipinski definition) is 3. The van der Waals surface area contributed by atoms with Gasteiger partial charge in [0.05, 0.1) is 11.6 Å². The molecule has 1 aromatic carbocycles. The first-order valence-corrected chi connectivity index (χ1v) is 8.50. The van der Waals surface area contributed by atoms with Gasteiger partial charge in [0.15, 0.2) is 0 Å². The normalized spacial score (nSPS) is 12.4. The van der Waals surface area contributed by atoms with Crippen molar-refractivity contribution in [2.45, 2.75) is 24.7 Å². The molecule has 0 aliphatic heterocycles. The van der Waals surface area contributed by atoms with Crippen molar-refractivity contribution >= 4 is 25.0 Å². The number of benzene rings is 1. The largest absolute Gasteiger partial charge is 0.389 e. The number of nitriles is 1. The maximum absolute atomic E-state index is 14.0. The second-order valence-electron chi connectivity index (χ2n) is 5.40. The minimum Gasteiger partial charge on any atom is -0.370 e. The molecule has 0 aliphatic rings. The summed E-state index contributed by atoms with van der Waals surface area (Å²) in [6, 6.07) is 4.99. The van der Waals surface area contributed by atoms with Gasteiger partial charge in [0.1, 0.15) is 5.82 Å². The molecule has 0 unspecified atom stereocenters. The lowest BCUT2D eigenvalue weighted by molar-refractivity contribution is -0.134. The van der Waals surface area contributed by atoms with E-state index < -0.39 is 37.8 Å². The third kappa shape index (κ3) is 4.75. The van der Waals surface area contributed by atoms with Gasteiger partial charge >= 0.3 is 11.8 Å². The van der Waals surface area contributed by atoms with Crippen LogP contribution in [0.2, 0.25) is 0 Å². The standard InChI is InChI=1S/C15H13F5N3O2P/c16-14(17,18)2-1-3-22-13-6-9-5-12(15(19,20)26(24)25)10(7-21)4-11(9)8-23-13/h4-6,8,24-25H,1-3H2,(H,22,23). The van der Waals surface area contributed by atoms with Gasteiger partial charge in [-0.1, -0.05) is 0 Å². The van der Waals surface area contributed by atoms with Crippen molar-refractivity contribution in [3.8, 4) is 6.07 Å². The lowest BCUT2D eigenvalue weighted by Crippen LogP contribution is -2.13. The van der Waals surface area contributed by atoms with Crippen LogP contribution in [0.1, 0.15) is 24.0 Å². The van der Waals surface area contributed by atoms with E-state index in [4.69, 9.17) is 15.0 Å². The summed E-state index contributed by atoms with van der Waals surface area (Å²) < 4.78 is 64.2. The van der Waals surface area contributed by atoms with Crippen LogP contribution in [-0.2, 0) is 5.66 Å². The molecule has 1 heterocycles. The first-order chi connectivity index (χ1) is 12.0. The molecule has 0 saturated carbocycles. The number of nitrogens with one attached hydrogen (secondary N) is 1. The zero-order chi connectivity index (χ0) is 19.5. The highest BCUT2D eigenvalue weighted by Crippen LogP contribution is 2.53. The minimum atomic E-state index is -4.26. The number of fused-ring (bicyclic) bond motifs is 1. The third-order valence-corrected chi connectivity index (χ3v) is 4.24. The van der Waals surface area contributed by atoms with Crippen molar-refractivity contribution in [3.05, 3.63) is 35.5 Å². The molecular formula is C15H13F5N3O2P. The van der Waals surface area contributed by atoms with E-state index in [1.807, 2.05) is 0 Å². The van der Waals surface area contributed by atoms with E-state index in [1.54, 1.807) is 6.07 Å². The molecule has 5 nitrogen and oxygen atoms in total. The number of hydrogen-bond acceptors (Lipinski definition) is 5. The number of alkyl halides is 5. The van der Waals surface area contributed by atoms with E-state index in [2.05, 4.69) is 10.3 Å². The van der Waals surface area contributed by atoms with Crippen molar-refractivity contribution in [2.24, 2.45) is 0 Å². The van der Waals surface area contributed by atoms with Gasteiger partial charge < -0.3 is 15.1 Å². The summed E-state index contributed by atoms with van der Waals surface area (Å²) >= 11 is 0. The first kappa shape index (κ1) is 20.2. The van der Waals surface area contributed by atoms with E-state index in [1.165, 1.54) is 12.3 Å². The van der Waals surface area contributed by atoms with Crippen LogP contribution in [0.15, 0.2) is 24.4 Å². The van der Waals surface area contributed by atoms with Gasteiger partial charge in [-0.05, 0) is 30.0 Å². The molecule has 0 atom stereocenters. The smallest absolute Gasteiger partial charge is 0.370 e. The van der Waals surface area contributed by atoms with Crippen LogP contribution < -0.4 is 5.32 Å². The highest BCUT2D eigenvalue weighted by atomic mass is 31.2. The van der Waals surface area contributed by atoms with Crippen LogP contribution in [0.5, 0.6) is 0 Å². The Morgan fingerprint density at radius 2 is 1.81 bits per heavy atom. The third-order valence-electron chi connectivity index (χ3n) is 3.50. The van der Waals surface area contributed by atoms with Crippen LogP contribution in [0, 0.1) is 11.3 Å². The average Bonchev–Trinajstić information content (AvgIpc) is 2.56. The Balaban J connectivity index is 2.29. The highest BCUT2D eigenvalue weighted by Gasteiger charge is 2.43. The maximum atomic E-state index is 14.0. The lowest BCUT2D eigenvalue weighted by Gasteiger charge is -2.19. The SMILES string of the molecule is N#Cc1cc2cnc(NCCCC(F)(F)F)cc2cc1C(F)(F)P(O)O. The summed E-state index contributed by atoms with van der Waals surface area (Å²) in [5.41, 5.74) is -5.26. The minimum absolute atomic E-state index is 0.0180. The van der Waals surface area contributed by atoms with Crippen LogP contribution in [0.3, 0.4) is 0 Å². The van der Waals surface area contributed by atoms with Crippen molar-refractivity contribution in [1.82, 2.24) is 4.98 Å². The fourth-order valence-electron chi connectivity index (χ4n) is 2.24. The summed E-state index contributed by atoms with van der Waals surface area (Å²) in [4.78, 5) is 21.8. The van der Waals surface area contributed by atoms with Gasteiger partial charge in [-0.25, -0.2) is 4.98 Å². The molecule has 0 bridgehead atoms. The number of pyridine rings is 1. The Labute approximate surface area is 146 Å². The molecule has 0 radical (unpaired) electrons. The zero-order valence-corrected chi connectivity index (χ0v) is 14.0. The maximum Gasteiger partial charge on any atom is 0.389 e. The van der Waals surface area contributed by atoms with Gasteiger partial charge in [0.25, 0.3) is 0 Å². The summed E-state index contributed by atoms with van der Waals surface area (Å²) in [6.45, 7) is -0.0180. The summed E-state index contributed by atoms with van der Waals surface area (Å²) in [6.07, 6.45) is -4.13. The van der Waals surface area contributed by atoms with Crippen molar-refractivity contribution in [1.29, 1.82) is 5.26 Å². The van der Waals surface area contributed by atoms with Crippen LogP contribution in [0.25, 0.3) is 10.8 Å². The zero-order valence-electron chi connectivity index (χ0n) is 13.1. The van der Waals surface area contributed by atoms with E-state index in [9.17, 15) is 22.0 Å². The van der Waals surface area contributed by atoms with Gasteiger partial charge in [0.2, 0.25) is 8.38 Å². The number of nitrogens with zero attached hydrogens (tertiary/aromatic N) is 2. The molecule has 26 heavy (non-hydrogen) atoms. The summed E-state index contributed by atoms with van der Waals surface area (Å²) in [5.74, 6) is 0.175. The van der Waals surface area contributed by atoms with Crippen molar-refractivity contribution in [2.75, 3.05) is 11.9 Å². The molecule has 0 amide bonds. The van der Waals surface area contributed by atoms with Crippen molar-refractivity contribution < 1.29 is 31.7 Å². The molecule has 0 fully saturated rings. The fourth-order valence-corrected chi connectivity index (χ4v) is 2.65. The molecule has 2 aromatic rings. The number of aromatic nitrogens is 1. The van der Waals surface area contributed by atoms with Gasteiger partial charge in [0, 0.05) is 30.1 Å². The Morgan fingerprint density at radius 3 is 2.38 bits per heavy atom. The quantitative estimate of drug-likeness (QED) is 0.389. The molecule has 0 aliphatic carbocycles. The molecule has 140 valence electrons. The molecule has 0 saturated heterocycles. The summed E-state index contributed by atoms with van der Waals surface area (Å²) in [7, 11) is -3.65. The molecule has 2 rings (SSSR count). The van der Waals surface area contributed by atoms with E-state index in [0.717, 1.165) is 12.1 Å². The Hall–Kier alpha value is -2.08. The molecule has 3 N–H and O–H groups in total. The monoisotopic (exact) mass is 393 g/mol. The van der Waals surface area contributed by atoms with Crippen LogP contribution in [0.4, 0.5) is 27.8 Å². The van der Waals surface area contributed by atoms with E-state index in [0.29, 0.717) is 5.39 Å². The Kier molecular flexibility index (Phi) is 5.96. The second-order valence-corrected chi connectivity index (χ2v) is 6.54. The Morgan fingerprint density at radius 1 is 1.12 bits per heavy atom. The number of rotatable bonds is 6. The predicted octanol–water partition coefficient (Wildman–Crippen LogP) is 4.21. The molecular weight excluding hydrogens is 380 g/mol. The topological polar surface area (TPSA) is 89.2 Å². The fraction of sp³-hybridized carbons (Fsp3) is 0.333. The molecule has 0 spiro atoms. The number of halogens is 5. The molecule has 11 heteroatoms. The highest BCUT2D eigenvalue weighted by molar-refractivity contribution is 7.46. The molecule has 1 aromatic heterocycles. The van der Waals surface area contributed by atoms with Crippen LogP contribution in [-0.4, -0.2) is 27.5 Å². The Bertz CT molecular complexity index is 836. The van der Waals surface area contributed by atoms with Crippen LogP contribution >= 0.6 is 8.38 Å². The average molecular weight is 393 g/mol. The second kappa shape index (κ2) is 7.66. The van der Waals surface area contributed by atoms with Gasteiger partial charge in [-0.3, -0.25) is 0 Å². The number of anilines is 1. The summed E-state index contributed by atoms with van der Waals surface area (Å²) in [5, 5.41) is 12.3. The first-order valence-electron chi connectivity index (χ1n) is 7.25. The lowest BCUT2D eigenvalue weighted by atomic mass is 10.0. The van der Waals surface area contributed by atoms with E-state index in [-0.39, 0.29) is 24.2 Å². The van der Waals surface area contributed by atoms with E-state index >= 15 is 0 Å². The van der Waals surface area contributed by atoms with Gasteiger partial charge in [-0.2, -0.15) is 27.2 Å². The van der Waals surface area contributed by atoms with Crippen molar-refractivity contribution in [3.63, 3.8) is 0 Å². The predicted molar refractivity (Wildman–Crippen MR) is 85.5 cm³/mol. The van der Waals surface area contributed by atoms with Gasteiger partial charge in [-0.15, -0.1) is 0 Å².